The lowest BCUT2D eigenvalue weighted by atomic mass is 10.1. The van der Waals surface area contributed by atoms with Crippen LogP contribution in [0.3, 0.4) is 0 Å². The molecule has 0 radical (unpaired) electrons. The quantitative estimate of drug-likeness (QED) is 0.793. The molecule has 88 valence electrons. The van der Waals surface area contributed by atoms with Crippen LogP contribution in [-0.2, 0) is 13.1 Å². The largest absolute Gasteiger partial charge is 0.316 e. The summed E-state index contributed by atoms with van der Waals surface area (Å²) in [6.07, 6.45) is 5.52. The first kappa shape index (κ1) is 11.6. The molecular formula is C14H22N2. The number of rotatable bonds is 5. The fourth-order valence-corrected chi connectivity index (χ4v) is 2.37. The molecule has 0 spiro atoms. The third-order valence-electron chi connectivity index (χ3n) is 3.35. The second kappa shape index (κ2) is 6.02. The zero-order valence-electron chi connectivity index (χ0n) is 10.1. The number of benzene rings is 1. The predicted octanol–water partition coefficient (Wildman–Crippen LogP) is 2.44. The minimum absolute atomic E-state index is 0.761. The highest BCUT2D eigenvalue weighted by Gasteiger charge is 2.13. The van der Waals surface area contributed by atoms with Gasteiger partial charge in [-0.3, -0.25) is 0 Å². The smallest absolute Gasteiger partial charge is 0.0208 e. The van der Waals surface area contributed by atoms with Crippen molar-refractivity contribution in [1.29, 1.82) is 0 Å². The molecule has 0 unspecified atom stereocenters. The van der Waals surface area contributed by atoms with Gasteiger partial charge >= 0.3 is 0 Å². The lowest BCUT2D eigenvalue weighted by Crippen LogP contribution is -2.25. The summed E-state index contributed by atoms with van der Waals surface area (Å²) in [6.45, 7) is 1.97. The van der Waals surface area contributed by atoms with Crippen molar-refractivity contribution >= 4 is 0 Å². The Morgan fingerprint density at radius 1 is 1.00 bits per heavy atom. The van der Waals surface area contributed by atoms with Gasteiger partial charge in [-0.1, -0.05) is 37.1 Å². The van der Waals surface area contributed by atoms with Crippen LogP contribution in [0.15, 0.2) is 24.3 Å². The fraction of sp³-hybridized carbons (Fsp3) is 0.571. The van der Waals surface area contributed by atoms with Gasteiger partial charge in [0.2, 0.25) is 0 Å². The Balaban J connectivity index is 1.80. The molecule has 0 aromatic heterocycles. The van der Waals surface area contributed by atoms with Crippen LogP contribution in [0, 0.1) is 0 Å². The van der Waals surface area contributed by atoms with E-state index in [2.05, 4.69) is 34.9 Å². The molecule has 2 nitrogen and oxygen atoms in total. The van der Waals surface area contributed by atoms with E-state index in [9.17, 15) is 0 Å². The first-order valence-corrected chi connectivity index (χ1v) is 6.34. The van der Waals surface area contributed by atoms with E-state index in [1.165, 1.54) is 36.8 Å². The van der Waals surface area contributed by atoms with Crippen molar-refractivity contribution < 1.29 is 0 Å². The van der Waals surface area contributed by atoms with E-state index in [1.54, 1.807) is 0 Å². The molecule has 1 fully saturated rings. The molecule has 1 aromatic carbocycles. The van der Waals surface area contributed by atoms with Gasteiger partial charge in [0.1, 0.15) is 0 Å². The molecule has 0 atom stereocenters. The molecule has 2 rings (SSSR count). The SMILES string of the molecule is CNCc1ccc(CNC2CCCC2)cc1. The van der Waals surface area contributed by atoms with Crippen LogP contribution in [0.5, 0.6) is 0 Å². The summed E-state index contributed by atoms with van der Waals surface area (Å²) in [5, 5.41) is 6.80. The third-order valence-corrected chi connectivity index (χ3v) is 3.35. The van der Waals surface area contributed by atoms with Gasteiger partial charge in [-0.05, 0) is 31.0 Å². The van der Waals surface area contributed by atoms with Crippen molar-refractivity contribution in [2.75, 3.05) is 7.05 Å². The van der Waals surface area contributed by atoms with Crippen molar-refractivity contribution in [1.82, 2.24) is 10.6 Å². The Hall–Kier alpha value is -0.860. The van der Waals surface area contributed by atoms with Gasteiger partial charge in [0, 0.05) is 19.1 Å². The van der Waals surface area contributed by atoms with Crippen molar-refractivity contribution in [3.63, 3.8) is 0 Å². The first-order chi connectivity index (χ1) is 7.88. The van der Waals surface area contributed by atoms with Crippen molar-refractivity contribution in [2.45, 2.75) is 44.8 Å². The van der Waals surface area contributed by atoms with Gasteiger partial charge in [0.15, 0.2) is 0 Å². The molecule has 0 heterocycles. The number of nitrogens with one attached hydrogen (secondary N) is 2. The molecule has 0 bridgehead atoms. The highest BCUT2D eigenvalue weighted by Crippen LogP contribution is 2.18. The van der Waals surface area contributed by atoms with Crippen molar-refractivity contribution in [2.24, 2.45) is 0 Å². The third kappa shape index (κ3) is 3.32. The Morgan fingerprint density at radius 2 is 1.56 bits per heavy atom. The summed E-state index contributed by atoms with van der Waals surface area (Å²) in [7, 11) is 1.98. The summed E-state index contributed by atoms with van der Waals surface area (Å²) in [6, 6.07) is 9.64. The summed E-state index contributed by atoms with van der Waals surface area (Å²) >= 11 is 0. The lowest BCUT2D eigenvalue weighted by Gasteiger charge is -2.11. The molecule has 0 amide bonds. The van der Waals surface area contributed by atoms with Crippen molar-refractivity contribution in [3.8, 4) is 0 Å². The van der Waals surface area contributed by atoms with Crippen LogP contribution in [0.4, 0.5) is 0 Å². The maximum Gasteiger partial charge on any atom is 0.0208 e. The molecule has 0 saturated heterocycles. The zero-order chi connectivity index (χ0) is 11.2. The van der Waals surface area contributed by atoms with Crippen LogP contribution in [0.25, 0.3) is 0 Å². The average Bonchev–Trinajstić information content (AvgIpc) is 2.82. The second-order valence-corrected chi connectivity index (χ2v) is 4.71. The number of hydrogen-bond donors (Lipinski definition) is 2. The Bertz CT molecular complexity index is 299. The van der Waals surface area contributed by atoms with Crippen molar-refractivity contribution in [3.05, 3.63) is 35.4 Å². The lowest BCUT2D eigenvalue weighted by molar-refractivity contribution is 0.524. The molecule has 0 aliphatic heterocycles. The normalized spacial score (nSPS) is 16.8. The Labute approximate surface area is 98.4 Å². The average molecular weight is 218 g/mol. The second-order valence-electron chi connectivity index (χ2n) is 4.71. The van der Waals surface area contributed by atoms with E-state index < -0.39 is 0 Å². The van der Waals surface area contributed by atoms with E-state index in [1.807, 2.05) is 7.05 Å². The van der Waals surface area contributed by atoms with Gasteiger partial charge in [0.05, 0.1) is 0 Å². The molecule has 1 aromatic rings. The minimum Gasteiger partial charge on any atom is -0.316 e. The van der Waals surface area contributed by atoms with E-state index >= 15 is 0 Å². The molecular weight excluding hydrogens is 196 g/mol. The summed E-state index contributed by atoms with van der Waals surface area (Å²) in [4.78, 5) is 0. The molecule has 2 N–H and O–H groups in total. The Kier molecular flexibility index (Phi) is 4.37. The standard InChI is InChI=1S/C14H22N2/c1-15-10-12-6-8-13(9-7-12)11-16-14-4-2-3-5-14/h6-9,14-16H,2-5,10-11H2,1H3. The van der Waals surface area contributed by atoms with E-state index in [0.29, 0.717) is 0 Å². The fourth-order valence-electron chi connectivity index (χ4n) is 2.37. The van der Waals surface area contributed by atoms with E-state index in [0.717, 1.165) is 19.1 Å². The zero-order valence-corrected chi connectivity index (χ0v) is 10.1. The van der Waals surface area contributed by atoms with Gasteiger partial charge in [0.25, 0.3) is 0 Å². The summed E-state index contributed by atoms with van der Waals surface area (Å²) in [5.74, 6) is 0. The summed E-state index contributed by atoms with van der Waals surface area (Å²) in [5.41, 5.74) is 2.75. The van der Waals surface area contributed by atoms with E-state index in [4.69, 9.17) is 0 Å². The van der Waals surface area contributed by atoms with Crippen LogP contribution in [-0.4, -0.2) is 13.1 Å². The summed E-state index contributed by atoms with van der Waals surface area (Å²) < 4.78 is 0. The molecule has 2 heteroatoms. The van der Waals surface area contributed by atoms with Gasteiger partial charge in [-0.15, -0.1) is 0 Å². The Morgan fingerprint density at radius 3 is 2.12 bits per heavy atom. The minimum atomic E-state index is 0.761. The maximum atomic E-state index is 3.63. The van der Waals surface area contributed by atoms with Crippen LogP contribution in [0.1, 0.15) is 36.8 Å². The first-order valence-electron chi connectivity index (χ1n) is 6.34. The molecule has 1 saturated carbocycles. The maximum absolute atomic E-state index is 3.63. The number of hydrogen-bond acceptors (Lipinski definition) is 2. The van der Waals surface area contributed by atoms with Gasteiger partial charge < -0.3 is 10.6 Å². The van der Waals surface area contributed by atoms with Gasteiger partial charge in [-0.2, -0.15) is 0 Å². The molecule has 1 aliphatic rings. The topological polar surface area (TPSA) is 24.1 Å². The molecule has 16 heavy (non-hydrogen) atoms. The van der Waals surface area contributed by atoms with Gasteiger partial charge in [-0.25, -0.2) is 0 Å². The van der Waals surface area contributed by atoms with Crippen LogP contribution < -0.4 is 10.6 Å². The molecule has 1 aliphatic carbocycles. The highest BCUT2D eigenvalue weighted by atomic mass is 14.9. The van der Waals surface area contributed by atoms with Crippen LogP contribution in [0.2, 0.25) is 0 Å². The van der Waals surface area contributed by atoms with Crippen LogP contribution >= 0.6 is 0 Å². The monoisotopic (exact) mass is 218 g/mol. The van der Waals surface area contributed by atoms with E-state index in [-0.39, 0.29) is 0 Å². The highest BCUT2D eigenvalue weighted by molar-refractivity contribution is 5.22. The predicted molar refractivity (Wildman–Crippen MR) is 68.3 cm³/mol.